The number of guanidine groups is 1. The molecule has 0 saturated heterocycles. The number of nitrogens with one attached hydrogen (secondary N) is 2. The molecule has 1 aliphatic carbocycles. The largest absolute Gasteiger partial charge is 0.354 e. The Morgan fingerprint density at radius 3 is 2.80 bits per heavy atom. The quantitative estimate of drug-likeness (QED) is 0.483. The van der Waals surface area contributed by atoms with Crippen LogP contribution in [0.3, 0.4) is 0 Å². The van der Waals surface area contributed by atoms with Crippen molar-refractivity contribution in [3.63, 3.8) is 0 Å². The van der Waals surface area contributed by atoms with Crippen molar-refractivity contribution in [3.8, 4) is 0 Å². The van der Waals surface area contributed by atoms with E-state index in [0.717, 1.165) is 17.6 Å². The second-order valence-corrected chi connectivity index (χ2v) is 5.18. The van der Waals surface area contributed by atoms with E-state index in [0.29, 0.717) is 19.1 Å². The summed E-state index contributed by atoms with van der Waals surface area (Å²) >= 11 is 0. The number of rotatable bonds is 5. The average Bonchev–Trinajstić information content (AvgIpc) is 3.06. The van der Waals surface area contributed by atoms with Crippen molar-refractivity contribution in [2.75, 3.05) is 6.54 Å². The average molecular weight is 276 g/mol. The summed E-state index contributed by atoms with van der Waals surface area (Å²) in [6.45, 7) is 6.90. The molecular weight excluding hydrogens is 252 g/mol. The molecule has 6 nitrogen and oxygen atoms in total. The number of aromatic nitrogens is 3. The highest BCUT2D eigenvalue weighted by atomic mass is 15.3. The molecule has 110 valence electrons. The Morgan fingerprint density at radius 2 is 2.20 bits per heavy atom. The summed E-state index contributed by atoms with van der Waals surface area (Å²) in [5.74, 6) is 2.60. The molecule has 1 fully saturated rings. The summed E-state index contributed by atoms with van der Waals surface area (Å²) in [6, 6.07) is 0.535. The van der Waals surface area contributed by atoms with Crippen molar-refractivity contribution in [2.24, 2.45) is 12.0 Å². The maximum absolute atomic E-state index is 4.59. The lowest BCUT2D eigenvalue weighted by atomic mass is 10.2. The third-order valence-electron chi connectivity index (χ3n) is 3.67. The molecule has 0 spiro atoms. The van der Waals surface area contributed by atoms with Gasteiger partial charge in [0.2, 0.25) is 0 Å². The van der Waals surface area contributed by atoms with Gasteiger partial charge >= 0.3 is 0 Å². The molecule has 1 heterocycles. The molecule has 1 aromatic rings. The summed E-state index contributed by atoms with van der Waals surface area (Å²) in [5.41, 5.74) is 0. The first-order valence-electron chi connectivity index (χ1n) is 7.21. The van der Waals surface area contributed by atoms with E-state index < -0.39 is 0 Å². The second-order valence-electron chi connectivity index (χ2n) is 5.18. The topological polar surface area (TPSA) is 67.1 Å². The fourth-order valence-corrected chi connectivity index (χ4v) is 2.32. The third-order valence-corrected chi connectivity index (χ3v) is 3.67. The lowest BCUT2D eigenvalue weighted by Crippen LogP contribution is -2.42. The van der Waals surface area contributed by atoms with Crippen LogP contribution in [-0.2, 0) is 13.6 Å². The van der Waals surface area contributed by atoms with Crippen molar-refractivity contribution >= 4 is 5.96 Å². The predicted octanol–water partition coefficient (Wildman–Crippen LogP) is 1.29. The fourth-order valence-electron chi connectivity index (χ4n) is 2.32. The first-order valence-corrected chi connectivity index (χ1v) is 7.21. The summed E-state index contributed by atoms with van der Waals surface area (Å²) in [5, 5.41) is 14.9. The monoisotopic (exact) mass is 276 g/mol. The standard InChI is InChI=1S/C14H24N6/c1-4-9-15-14(17-12-7-5-6-8-12)16-10-13-19-18-11(2)20(13)3/h4,12H,1,5-10H2,2-3H3,(H2,15,16,17). The van der Waals surface area contributed by atoms with Crippen LogP contribution in [0.1, 0.15) is 37.3 Å². The molecule has 0 atom stereocenters. The van der Waals surface area contributed by atoms with E-state index in [2.05, 4.69) is 32.4 Å². The molecule has 2 rings (SSSR count). The fraction of sp³-hybridized carbons (Fsp3) is 0.643. The Kier molecular flexibility index (Phi) is 5.15. The van der Waals surface area contributed by atoms with Crippen LogP contribution < -0.4 is 10.6 Å². The van der Waals surface area contributed by atoms with Gasteiger partial charge in [-0.1, -0.05) is 18.9 Å². The second kappa shape index (κ2) is 7.07. The van der Waals surface area contributed by atoms with Crippen molar-refractivity contribution in [2.45, 2.75) is 45.2 Å². The molecule has 0 aromatic carbocycles. The van der Waals surface area contributed by atoms with E-state index in [9.17, 15) is 0 Å². The minimum absolute atomic E-state index is 0.524. The van der Waals surface area contributed by atoms with E-state index in [-0.39, 0.29) is 0 Å². The molecule has 2 N–H and O–H groups in total. The van der Waals surface area contributed by atoms with Crippen LogP contribution in [0.4, 0.5) is 0 Å². The van der Waals surface area contributed by atoms with Crippen LogP contribution in [0, 0.1) is 6.92 Å². The highest BCUT2D eigenvalue weighted by Crippen LogP contribution is 2.17. The molecule has 0 radical (unpaired) electrons. The first kappa shape index (κ1) is 14.6. The highest BCUT2D eigenvalue weighted by Gasteiger charge is 2.16. The van der Waals surface area contributed by atoms with Crippen LogP contribution in [0.5, 0.6) is 0 Å². The molecule has 0 amide bonds. The minimum Gasteiger partial charge on any atom is -0.354 e. The summed E-state index contributed by atoms with van der Waals surface area (Å²) in [4.78, 5) is 4.59. The smallest absolute Gasteiger partial charge is 0.192 e. The Labute approximate surface area is 120 Å². The lowest BCUT2D eigenvalue weighted by molar-refractivity contribution is 0.614. The summed E-state index contributed by atoms with van der Waals surface area (Å²) in [6.07, 6.45) is 6.87. The summed E-state index contributed by atoms with van der Waals surface area (Å²) in [7, 11) is 1.96. The lowest BCUT2D eigenvalue weighted by Gasteiger charge is -2.16. The van der Waals surface area contributed by atoms with Gasteiger partial charge in [-0.05, 0) is 19.8 Å². The molecule has 0 unspecified atom stereocenters. The van der Waals surface area contributed by atoms with Gasteiger partial charge in [-0.2, -0.15) is 0 Å². The summed E-state index contributed by atoms with van der Waals surface area (Å²) < 4.78 is 1.96. The van der Waals surface area contributed by atoms with Crippen LogP contribution in [0.2, 0.25) is 0 Å². The maximum atomic E-state index is 4.59. The zero-order valence-corrected chi connectivity index (χ0v) is 12.4. The van der Waals surface area contributed by atoms with E-state index in [1.54, 1.807) is 0 Å². The van der Waals surface area contributed by atoms with E-state index in [4.69, 9.17) is 0 Å². The van der Waals surface area contributed by atoms with Gasteiger partial charge < -0.3 is 15.2 Å². The molecule has 1 saturated carbocycles. The highest BCUT2D eigenvalue weighted by molar-refractivity contribution is 5.80. The van der Waals surface area contributed by atoms with Crippen LogP contribution in [-0.4, -0.2) is 33.3 Å². The van der Waals surface area contributed by atoms with Gasteiger partial charge in [-0.15, -0.1) is 16.8 Å². The zero-order chi connectivity index (χ0) is 14.4. The van der Waals surface area contributed by atoms with Crippen LogP contribution in [0.25, 0.3) is 0 Å². The maximum Gasteiger partial charge on any atom is 0.192 e. The number of hydrogen-bond acceptors (Lipinski definition) is 3. The SMILES string of the molecule is C=CCNC(=NCc1nnc(C)n1C)NC1CCCC1. The van der Waals surface area contributed by atoms with Gasteiger partial charge in [0.05, 0.1) is 0 Å². The molecular formula is C14H24N6. The molecule has 20 heavy (non-hydrogen) atoms. The number of aryl methyl sites for hydroxylation is 1. The van der Waals surface area contributed by atoms with Gasteiger partial charge in [0.1, 0.15) is 12.4 Å². The van der Waals surface area contributed by atoms with Crippen molar-refractivity contribution in [3.05, 3.63) is 24.3 Å². The Balaban J connectivity index is 1.98. The third kappa shape index (κ3) is 3.82. The van der Waals surface area contributed by atoms with Crippen LogP contribution >= 0.6 is 0 Å². The minimum atomic E-state index is 0.524. The molecule has 0 bridgehead atoms. The number of aliphatic imine (C=N–C) groups is 1. The van der Waals surface area contributed by atoms with Gasteiger partial charge in [0.15, 0.2) is 11.8 Å². The Morgan fingerprint density at radius 1 is 1.45 bits per heavy atom. The van der Waals surface area contributed by atoms with Crippen molar-refractivity contribution in [1.29, 1.82) is 0 Å². The van der Waals surface area contributed by atoms with Crippen molar-refractivity contribution < 1.29 is 0 Å². The first-order chi connectivity index (χ1) is 9.70. The number of hydrogen-bond donors (Lipinski definition) is 2. The van der Waals surface area contributed by atoms with Gasteiger partial charge in [0.25, 0.3) is 0 Å². The molecule has 1 aliphatic rings. The van der Waals surface area contributed by atoms with E-state index in [1.807, 2.05) is 24.6 Å². The Bertz CT molecular complexity index is 470. The van der Waals surface area contributed by atoms with Crippen LogP contribution in [0.15, 0.2) is 17.6 Å². The van der Waals surface area contributed by atoms with Gasteiger partial charge in [0, 0.05) is 19.6 Å². The van der Waals surface area contributed by atoms with Gasteiger partial charge in [-0.25, -0.2) is 4.99 Å². The van der Waals surface area contributed by atoms with Crippen molar-refractivity contribution in [1.82, 2.24) is 25.4 Å². The number of nitrogens with zero attached hydrogens (tertiary/aromatic N) is 4. The molecule has 0 aliphatic heterocycles. The molecule has 6 heteroatoms. The normalized spacial score (nSPS) is 16.4. The van der Waals surface area contributed by atoms with E-state index in [1.165, 1.54) is 25.7 Å². The molecule has 1 aromatic heterocycles. The van der Waals surface area contributed by atoms with Gasteiger partial charge in [-0.3, -0.25) is 0 Å². The Hall–Kier alpha value is -1.85. The van der Waals surface area contributed by atoms with E-state index >= 15 is 0 Å². The predicted molar refractivity (Wildman–Crippen MR) is 80.5 cm³/mol. The zero-order valence-electron chi connectivity index (χ0n) is 12.4.